The van der Waals surface area contributed by atoms with Crippen molar-refractivity contribution < 1.29 is 39.1 Å². The first-order chi connectivity index (χ1) is 19.3. The average molecular weight is 574 g/mol. The maximum Gasteiger partial charge on any atom is 0.306 e. The van der Waals surface area contributed by atoms with Crippen LogP contribution >= 0.6 is 0 Å². The molecule has 2 aliphatic rings. The van der Waals surface area contributed by atoms with Crippen molar-refractivity contribution in [2.24, 2.45) is 5.73 Å². The van der Waals surface area contributed by atoms with Gasteiger partial charge in [-0.3, -0.25) is 14.5 Å². The highest BCUT2D eigenvalue weighted by atomic mass is 16.7. The molecular weight excluding hydrogens is 518 g/mol. The number of aliphatic hydroxyl groups is 3. The lowest BCUT2D eigenvalue weighted by molar-refractivity contribution is -0.174. The Morgan fingerprint density at radius 3 is 2.10 bits per heavy atom. The number of nitrogens with zero attached hydrogens (tertiary/aromatic N) is 1. The van der Waals surface area contributed by atoms with Crippen LogP contribution in [0.3, 0.4) is 0 Å². The Balaban J connectivity index is 1.65. The molecule has 2 heterocycles. The molecule has 40 heavy (non-hydrogen) atoms. The zero-order valence-electron chi connectivity index (χ0n) is 24.7. The van der Waals surface area contributed by atoms with E-state index in [0.29, 0.717) is 6.42 Å². The van der Waals surface area contributed by atoms with Gasteiger partial charge in [0.15, 0.2) is 6.29 Å². The molecule has 6 N–H and O–H groups in total. The van der Waals surface area contributed by atoms with Crippen molar-refractivity contribution in [3.8, 4) is 0 Å². The summed E-state index contributed by atoms with van der Waals surface area (Å²) < 4.78 is 16.7. The molecule has 0 aromatic rings. The molecule has 0 aromatic heterocycles. The number of aliphatic hydroxyl groups excluding tert-OH is 3. The molecule has 2 fully saturated rings. The monoisotopic (exact) mass is 573 g/mol. The number of rotatable bonds is 20. The molecule has 0 bridgehead atoms. The van der Waals surface area contributed by atoms with Crippen LogP contribution in [0, 0.1) is 0 Å². The Morgan fingerprint density at radius 2 is 1.57 bits per heavy atom. The van der Waals surface area contributed by atoms with Gasteiger partial charge in [-0.05, 0) is 13.5 Å². The second kappa shape index (κ2) is 19.7. The number of hydrogen-bond acceptors (Lipinski definition) is 10. The number of nitrogens with two attached hydrogens (primary N) is 1. The van der Waals surface area contributed by atoms with Crippen molar-refractivity contribution in [1.29, 1.82) is 0 Å². The minimum absolute atomic E-state index is 0.0203. The summed E-state index contributed by atoms with van der Waals surface area (Å²) in [7, 11) is 1.70. The summed E-state index contributed by atoms with van der Waals surface area (Å²) >= 11 is 0. The highest BCUT2D eigenvalue weighted by Crippen LogP contribution is 2.23. The molecular formula is C29H55N3O8. The van der Waals surface area contributed by atoms with Gasteiger partial charge in [0.1, 0.15) is 30.5 Å². The van der Waals surface area contributed by atoms with Gasteiger partial charge >= 0.3 is 5.97 Å². The maximum absolute atomic E-state index is 12.8. The fourth-order valence-electron chi connectivity index (χ4n) is 5.34. The van der Waals surface area contributed by atoms with Crippen molar-refractivity contribution in [2.45, 2.75) is 140 Å². The van der Waals surface area contributed by atoms with Crippen LogP contribution in [0.25, 0.3) is 0 Å². The zero-order chi connectivity index (χ0) is 29.3. The molecule has 11 nitrogen and oxygen atoms in total. The van der Waals surface area contributed by atoms with Crippen LogP contribution in [-0.4, -0.2) is 108 Å². The number of nitrogens with one attached hydrogen (secondary N) is 1. The van der Waals surface area contributed by atoms with E-state index in [0.717, 1.165) is 19.3 Å². The van der Waals surface area contributed by atoms with E-state index in [9.17, 15) is 24.9 Å². The van der Waals surface area contributed by atoms with Crippen molar-refractivity contribution in [3.63, 3.8) is 0 Å². The Labute approximate surface area is 240 Å². The SMILES string of the molecule is CCCCCCCCCCCCCCCC(=O)O[C@H]1CN(C)[C@@H](CO[C@@H]2O[C@H](CN)[C@@H](O)[C@H]2O)C(=O)N[C@@H]1CO. The lowest BCUT2D eigenvalue weighted by Gasteiger charge is -2.27. The molecule has 0 aromatic carbocycles. The number of amides is 1. The van der Waals surface area contributed by atoms with Gasteiger partial charge in [0.05, 0.1) is 19.3 Å². The Kier molecular flexibility index (Phi) is 17.2. The van der Waals surface area contributed by atoms with E-state index >= 15 is 0 Å². The van der Waals surface area contributed by atoms with Gasteiger partial charge in [-0.15, -0.1) is 0 Å². The van der Waals surface area contributed by atoms with Crippen LogP contribution in [0.5, 0.6) is 0 Å². The van der Waals surface area contributed by atoms with Gasteiger partial charge in [0.2, 0.25) is 5.91 Å². The first-order valence-corrected chi connectivity index (χ1v) is 15.5. The zero-order valence-corrected chi connectivity index (χ0v) is 24.7. The number of ether oxygens (including phenoxy) is 3. The second-order valence-electron chi connectivity index (χ2n) is 11.4. The van der Waals surface area contributed by atoms with Gasteiger partial charge in [0.25, 0.3) is 0 Å². The van der Waals surface area contributed by atoms with Gasteiger partial charge in [-0.2, -0.15) is 0 Å². The minimum Gasteiger partial charge on any atom is -0.459 e. The maximum atomic E-state index is 12.8. The largest absolute Gasteiger partial charge is 0.459 e. The molecule has 234 valence electrons. The summed E-state index contributed by atoms with van der Waals surface area (Å²) in [5, 5.41) is 32.7. The summed E-state index contributed by atoms with van der Waals surface area (Å²) in [6.45, 7) is 1.97. The van der Waals surface area contributed by atoms with E-state index in [1.54, 1.807) is 11.9 Å². The second-order valence-corrected chi connectivity index (χ2v) is 11.4. The topological polar surface area (TPSA) is 164 Å². The standard InChI is InChI=1S/C29H55N3O8/c1-3-4-5-6-7-8-9-10-11-12-13-14-15-16-25(34)39-24-18-32(2)22(28(37)31-21(24)19-33)20-38-29-27(36)26(35)23(17-30)40-29/h21-24,26-27,29,33,35-36H,3-20,30H2,1-2H3,(H,31,37)/t21-,22+,23-,24+,26-,27-,29-/m1/s1. The van der Waals surface area contributed by atoms with E-state index in [1.165, 1.54) is 64.2 Å². The first kappa shape index (κ1) is 34.9. The van der Waals surface area contributed by atoms with Crippen LogP contribution < -0.4 is 11.1 Å². The highest BCUT2D eigenvalue weighted by molar-refractivity contribution is 5.82. The van der Waals surface area contributed by atoms with Crippen molar-refractivity contribution >= 4 is 11.9 Å². The molecule has 7 atom stereocenters. The minimum atomic E-state index is -1.28. The fourth-order valence-corrected chi connectivity index (χ4v) is 5.34. The van der Waals surface area contributed by atoms with Crippen molar-refractivity contribution in [3.05, 3.63) is 0 Å². The van der Waals surface area contributed by atoms with E-state index in [-0.39, 0.29) is 32.3 Å². The number of hydrogen-bond donors (Lipinski definition) is 5. The predicted molar refractivity (Wildman–Crippen MR) is 151 cm³/mol. The molecule has 11 heteroatoms. The summed E-state index contributed by atoms with van der Waals surface area (Å²) in [6.07, 6.45) is 11.2. The smallest absolute Gasteiger partial charge is 0.306 e. The van der Waals surface area contributed by atoms with Gasteiger partial charge < -0.3 is 40.6 Å². The van der Waals surface area contributed by atoms with Crippen molar-refractivity contribution in [1.82, 2.24) is 10.2 Å². The molecule has 1 amide bonds. The molecule has 0 radical (unpaired) electrons. The lowest BCUT2D eigenvalue weighted by atomic mass is 10.0. The summed E-state index contributed by atoms with van der Waals surface area (Å²) in [5.74, 6) is -0.742. The molecule has 2 saturated heterocycles. The Hall–Kier alpha value is -1.34. The number of esters is 1. The predicted octanol–water partition coefficient (Wildman–Crippen LogP) is 1.59. The average Bonchev–Trinajstić information content (AvgIpc) is 3.15. The normalized spacial score (nSPS) is 29.4. The molecule has 2 aliphatic heterocycles. The van der Waals surface area contributed by atoms with Crippen LogP contribution in [0.15, 0.2) is 0 Å². The third-order valence-electron chi connectivity index (χ3n) is 8.01. The summed E-state index contributed by atoms with van der Waals surface area (Å²) in [5.41, 5.74) is 5.54. The Morgan fingerprint density at radius 1 is 1.00 bits per heavy atom. The van der Waals surface area contributed by atoms with E-state index in [2.05, 4.69) is 12.2 Å². The summed E-state index contributed by atoms with van der Waals surface area (Å²) in [6, 6.07) is -1.52. The quantitative estimate of drug-likeness (QED) is 0.107. The summed E-state index contributed by atoms with van der Waals surface area (Å²) in [4.78, 5) is 27.1. The number of carbonyl (C=O) groups is 2. The lowest BCUT2D eigenvalue weighted by Crippen LogP contribution is -2.49. The molecule has 0 unspecified atom stereocenters. The van der Waals surface area contributed by atoms with Crippen LogP contribution in [-0.2, 0) is 23.8 Å². The number of unbranched alkanes of at least 4 members (excludes halogenated alkanes) is 12. The molecule has 0 spiro atoms. The first-order valence-electron chi connectivity index (χ1n) is 15.5. The van der Waals surface area contributed by atoms with E-state index in [1.807, 2.05) is 0 Å². The van der Waals surface area contributed by atoms with Crippen LogP contribution in [0.4, 0.5) is 0 Å². The van der Waals surface area contributed by atoms with Gasteiger partial charge in [-0.1, -0.05) is 84.0 Å². The highest BCUT2D eigenvalue weighted by Gasteiger charge is 2.44. The molecule has 2 rings (SSSR count). The fraction of sp³-hybridized carbons (Fsp3) is 0.931. The van der Waals surface area contributed by atoms with Gasteiger partial charge in [0, 0.05) is 19.5 Å². The Bertz CT molecular complexity index is 715. The van der Waals surface area contributed by atoms with Gasteiger partial charge in [-0.25, -0.2) is 0 Å². The number of likely N-dealkylation sites (N-methyl/N-ethyl adjacent to an activating group) is 1. The number of carbonyl (C=O) groups excluding carboxylic acids is 2. The molecule has 0 aliphatic carbocycles. The third kappa shape index (κ3) is 11.9. The van der Waals surface area contributed by atoms with E-state index in [4.69, 9.17) is 19.9 Å². The third-order valence-corrected chi connectivity index (χ3v) is 8.01. The van der Waals surface area contributed by atoms with Crippen LogP contribution in [0.1, 0.15) is 96.8 Å². The van der Waals surface area contributed by atoms with Crippen molar-refractivity contribution in [2.75, 3.05) is 33.4 Å². The van der Waals surface area contributed by atoms with E-state index < -0.39 is 48.7 Å². The molecule has 0 saturated carbocycles. The van der Waals surface area contributed by atoms with Crippen LogP contribution in [0.2, 0.25) is 0 Å².